The third kappa shape index (κ3) is 5.26. The number of halogens is 3. The van der Waals surface area contributed by atoms with Crippen LogP contribution in [0.5, 0.6) is 5.75 Å². The Morgan fingerprint density at radius 1 is 1.37 bits per heavy atom. The molecule has 2 aliphatic rings. The fourth-order valence-electron chi connectivity index (χ4n) is 3.27. The van der Waals surface area contributed by atoms with Gasteiger partial charge in [0.2, 0.25) is 0 Å². The van der Waals surface area contributed by atoms with Gasteiger partial charge in [0.15, 0.2) is 12.1 Å². The SMILES string of the molecule is O=C(O)C(F)(F)F.O=C(c1cocn1)N1CC[C@]2(C[C@H](Oc3cccnc3)CO2)C1. The van der Waals surface area contributed by atoms with Gasteiger partial charge in [0.1, 0.15) is 18.1 Å². The third-order valence-corrected chi connectivity index (χ3v) is 4.61. The number of rotatable bonds is 3. The summed E-state index contributed by atoms with van der Waals surface area (Å²) in [6, 6.07) is 3.72. The summed E-state index contributed by atoms with van der Waals surface area (Å²) in [6.45, 7) is 1.75. The van der Waals surface area contributed by atoms with Gasteiger partial charge in [-0.15, -0.1) is 0 Å². The van der Waals surface area contributed by atoms with E-state index >= 15 is 0 Å². The van der Waals surface area contributed by atoms with Crippen molar-refractivity contribution in [3.05, 3.63) is 42.9 Å². The summed E-state index contributed by atoms with van der Waals surface area (Å²) in [7, 11) is 0. The van der Waals surface area contributed by atoms with Crippen LogP contribution in [0.4, 0.5) is 13.2 Å². The van der Waals surface area contributed by atoms with E-state index in [4.69, 9.17) is 23.8 Å². The first-order chi connectivity index (χ1) is 14.2. The Hall–Kier alpha value is -3.15. The molecule has 2 aromatic rings. The van der Waals surface area contributed by atoms with E-state index in [0.717, 1.165) is 18.6 Å². The van der Waals surface area contributed by atoms with Crippen molar-refractivity contribution in [3.8, 4) is 5.75 Å². The third-order valence-electron chi connectivity index (χ3n) is 4.61. The smallest absolute Gasteiger partial charge is 0.486 e. The summed E-state index contributed by atoms with van der Waals surface area (Å²) in [4.78, 5) is 31.0. The molecule has 1 amide bonds. The molecule has 0 bridgehead atoms. The van der Waals surface area contributed by atoms with E-state index in [1.54, 1.807) is 17.3 Å². The van der Waals surface area contributed by atoms with Gasteiger partial charge in [-0.3, -0.25) is 9.78 Å². The number of hydrogen-bond acceptors (Lipinski definition) is 7. The number of nitrogens with zero attached hydrogens (tertiary/aromatic N) is 3. The molecule has 9 nitrogen and oxygen atoms in total. The van der Waals surface area contributed by atoms with Gasteiger partial charge in [-0.05, 0) is 18.6 Å². The number of likely N-dealkylation sites (tertiary alicyclic amines) is 1. The van der Waals surface area contributed by atoms with E-state index in [0.29, 0.717) is 25.4 Å². The monoisotopic (exact) mass is 429 g/mol. The van der Waals surface area contributed by atoms with Gasteiger partial charge in [0.05, 0.1) is 24.9 Å². The molecule has 0 saturated carbocycles. The van der Waals surface area contributed by atoms with Crippen molar-refractivity contribution in [1.29, 1.82) is 0 Å². The van der Waals surface area contributed by atoms with E-state index in [2.05, 4.69) is 9.97 Å². The zero-order valence-electron chi connectivity index (χ0n) is 15.5. The van der Waals surface area contributed by atoms with Crippen molar-refractivity contribution >= 4 is 11.9 Å². The molecule has 2 saturated heterocycles. The Balaban J connectivity index is 0.000000318. The summed E-state index contributed by atoms with van der Waals surface area (Å²) in [5.74, 6) is -2.13. The predicted molar refractivity (Wildman–Crippen MR) is 92.7 cm³/mol. The molecule has 2 aromatic heterocycles. The molecule has 0 radical (unpaired) electrons. The predicted octanol–water partition coefficient (Wildman–Crippen LogP) is 2.16. The largest absolute Gasteiger partial charge is 0.490 e. The summed E-state index contributed by atoms with van der Waals surface area (Å²) in [5.41, 5.74) is 0.0231. The van der Waals surface area contributed by atoms with Gasteiger partial charge in [-0.2, -0.15) is 13.2 Å². The average Bonchev–Trinajstić information content (AvgIpc) is 3.45. The molecule has 0 unspecified atom stereocenters. The number of carbonyl (C=O) groups is 2. The summed E-state index contributed by atoms with van der Waals surface area (Å²) >= 11 is 0. The van der Waals surface area contributed by atoms with Crippen LogP contribution in [0.25, 0.3) is 0 Å². The first-order valence-electron chi connectivity index (χ1n) is 8.87. The highest BCUT2D eigenvalue weighted by atomic mass is 19.4. The minimum Gasteiger partial charge on any atom is -0.486 e. The number of aliphatic carboxylic acids is 1. The maximum Gasteiger partial charge on any atom is 0.490 e. The molecule has 4 heterocycles. The second-order valence-electron chi connectivity index (χ2n) is 6.78. The second-order valence-corrected chi connectivity index (χ2v) is 6.78. The Kier molecular flexibility index (Phi) is 6.25. The van der Waals surface area contributed by atoms with Gasteiger partial charge >= 0.3 is 12.1 Å². The maximum absolute atomic E-state index is 12.3. The molecule has 2 aliphatic heterocycles. The number of alkyl halides is 3. The van der Waals surface area contributed by atoms with E-state index in [-0.39, 0.29) is 17.6 Å². The number of aromatic nitrogens is 2. The molecule has 162 valence electrons. The van der Waals surface area contributed by atoms with Gasteiger partial charge < -0.3 is 23.9 Å². The highest BCUT2D eigenvalue weighted by Crippen LogP contribution is 2.37. The normalized spacial score (nSPS) is 23.2. The zero-order chi connectivity index (χ0) is 21.8. The van der Waals surface area contributed by atoms with Crippen LogP contribution in [0, 0.1) is 0 Å². The first-order valence-corrected chi connectivity index (χ1v) is 8.87. The molecular weight excluding hydrogens is 411 g/mol. The van der Waals surface area contributed by atoms with Crippen LogP contribution in [0.3, 0.4) is 0 Å². The number of carboxylic acid groups (broad SMARTS) is 1. The van der Waals surface area contributed by atoms with Crippen molar-refractivity contribution < 1.29 is 41.8 Å². The quantitative estimate of drug-likeness (QED) is 0.789. The number of ether oxygens (including phenoxy) is 2. The number of carboxylic acids is 1. The minimum absolute atomic E-state index is 0.0127. The van der Waals surface area contributed by atoms with Crippen molar-refractivity contribution in [2.45, 2.75) is 30.7 Å². The fraction of sp³-hybridized carbons (Fsp3) is 0.444. The number of pyridine rings is 1. The van der Waals surface area contributed by atoms with Gasteiger partial charge in [-0.25, -0.2) is 9.78 Å². The topological polar surface area (TPSA) is 115 Å². The van der Waals surface area contributed by atoms with Crippen LogP contribution in [-0.2, 0) is 9.53 Å². The number of carbonyl (C=O) groups excluding carboxylic acids is 1. The van der Waals surface area contributed by atoms with Crippen LogP contribution in [0.2, 0.25) is 0 Å². The molecule has 0 aromatic carbocycles. The van der Waals surface area contributed by atoms with Gasteiger partial charge in [0.25, 0.3) is 5.91 Å². The van der Waals surface area contributed by atoms with Crippen LogP contribution in [0.15, 0.2) is 41.6 Å². The second kappa shape index (κ2) is 8.69. The highest BCUT2D eigenvalue weighted by molar-refractivity contribution is 5.92. The van der Waals surface area contributed by atoms with Crippen molar-refractivity contribution in [2.75, 3.05) is 19.7 Å². The minimum atomic E-state index is -5.08. The summed E-state index contributed by atoms with van der Waals surface area (Å²) in [5, 5.41) is 7.12. The Morgan fingerprint density at radius 3 is 2.73 bits per heavy atom. The van der Waals surface area contributed by atoms with Crippen LogP contribution < -0.4 is 4.74 Å². The van der Waals surface area contributed by atoms with Crippen molar-refractivity contribution in [1.82, 2.24) is 14.9 Å². The van der Waals surface area contributed by atoms with E-state index in [1.165, 1.54) is 12.7 Å². The molecule has 30 heavy (non-hydrogen) atoms. The highest BCUT2D eigenvalue weighted by Gasteiger charge is 2.48. The van der Waals surface area contributed by atoms with Crippen LogP contribution in [0.1, 0.15) is 23.3 Å². The van der Waals surface area contributed by atoms with E-state index in [9.17, 15) is 18.0 Å². The molecule has 2 atom stereocenters. The van der Waals surface area contributed by atoms with E-state index < -0.39 is 12.1 Å². The number of hydrogen-bond donors (Lipinski definition) is 1. The Labute approximate surface area is 168 Å². The van der Waals surface area contributed by atoms with Crippen molar-refractivity contribution in [3.63, 3.8) is 0 Å². The number of oxazole rings is 1. The Morgan fingerprint density at radius 2 is 2.13 bits per heavy atom. The molecule has 0 aliphatic carbocycles. The standard InChI is InChI=1S/C16H17N3O4.C2HF3O2/c20-15(14-9-21-11-18-14)19-5-3-16(10-19)6-13(8-22-16)23-12-2-1-4-17-7-12;3-2(4,5)1(6)7/h1-2,4,7,9,11,13H,3,5-6,8,10H2;(H,6,7)/t13-,16-;/m0./s1. The molecule has 1 spiro atoms. The molecule has 4 rings (SSSR count). The van der Waals surface area contributed by atoms with Crippen LogP contribution in [-0.4, -0.2) is 69.4 Å². The first kappa shape index (κ1) is 21.6. The van der Waals surface area contributed by atoms with E-state index in [1.807, 2.05) is 12.1 Å². The lowest BCUT2D eigenvalue weighted by Gasteiger charge is -2.22. The number of amides is 1. The van der Waals surface area contributed by atoms with Crippen molar-refractivity contribution in [2.24, 2.45) is 0 Å². The molecule has 12 heteroatoms. The van der Waals surface area contributed by atoms with Crippen LogP contribution >= 0.6 is 0 Å². The average molecular weight is 429 g/mol. The summed E-state index contributed by atoms with van der Waals surface area (Å²) in [6.07, 6.45) is 2.53. The summed E-state index contributed by atoms with van der Waals surface area (Å²) < 4.78 is 48.5. The Bertz CT molecular complexity index is 862. The lowest BCUT2D eigenvalue weighted by atomic mass is 9.98. The van der Waals surface area contributed by atoms with Gasteiger partial charge in [-0.1, -0.05) is 0 Å². The lowest BCUT2D eigenvalue weighted by molar-refractivity contribution is -0.192. The fourth-order valence-corrected chi connectivity index (χ4v) is 3.27. The van der Waals surface area contributed by atoms with Gasteiger partial charge in [0, 0.05) is 19.2 Å². The molecule has 2 fully saturated rings. The lowest BCUT2D eigenvalue weighted by Crippen LogP contribution is -2.36. The molecular formula is C18H18F3N3O6. The zero-order valence-corrected chi connectivity index (χ0v) is 15.5. The molecule has 1 N–H and O–H groups in total. The maximum atomic E-state index is 12.3.